The second-order valence-corrected chi connectivity index (χ2v) is 7.26. The minimum atomic E-state index is -0.290. The van der Waals surface area contributed by atoms with Crippen LogP contribution in [0.3, 0.4) is 0 Å². The van der Waals surface area contributed by atoms with E-state index in [9.17, 15) is 4.79 Å². The maximum atomic E-state index is 12.4. The molecule has 4 nitrogen and oxygen atoms in total. The highest BCUT2D eigenvalue weighted by molar-refractivity contribution is 7.18. The zero-order valence-corrected chi connectivity index (χ0v) is 13.9. The van der Waals surface area contributed by atoms with Crippen LogP contribution in [0.15, 0.2) is 24.3 Å². The number of methoxy groups -OCH3 is 1. The molecular formula is C17H22N2O2S. The van der Waals surface area contributed by atoms with Crippen LogP contribution in [0.25, 0.3) is 10.2 Å². The number of hydrogen-bond acceptors (Lipinski definition) is 4. The molecule has 1 aliphatic carbocycles. The van der Waals surface area contributed by atoms with E-state index in [1.807, 2.05) is 18.2 Å². The fraction of sp³-hybridized carbons (Fsp3) is 0.529. The molecule has 3 rings (SSSR count). The summed E-state index contributed by atoms with van der Waals surface area (Å²) < 4.78 is 6.43. The third-order valence-electron chi connectivity index (χ3n) is 4.51. The number of aromatic nitrogens is 1. The number of nitrogens with one attached hydrogen (secondary N) is 1. The molecule has 0 saturated heterocycles. The first kappa shape index (κ1) is 15.4. The summed E-state index contributed by atoms with van der Waals surface area (Å²) in [6.07, 6.45) is 2.98. The number of nitrogens with zero attached hydrogens (tertiary/aromatic N) is 1. The fourth-order valence-corrected chi connectivity index (χ4v) is 3.96. The van der Waals surface area contributed by atoms with Crippen molar-refractivity contribution in [3.05, 3.63) is 29.3 Å². The monoisotopic (exact) mass is 318 g/mol. The molecule has 0 aliphatic heterocycles. The number of carbonyl (C=O) groups excluding carboxylic acids is 1. The molecule has 0 bridgehead atoms. The van der Waals surface area contributed by atoms with E-state index in [0.717, 1.165) is 29.8 Å². The van der Waals surface area contributed by atoms with Gasteiger partial charge in [-0.15, -0.1) is 11.3 Å². The van der Waals surface area contributed by atoms with E-state index in [1.165, 1.54) is 4.70 Å². The van der Waals surface area contributed by atoms with Crippen molar-refractivity contribution in [3.8, 4) is 0 Å². The van der Waals surface area contributed by atoms with Gasteiger partial charge < -0.3 is 10.1 Å². The number of hydrogen-bond donors (Lipinski definition) is 1. The van der Waals surface area contributed by atoms with Gasteiger partial charge in [0.05, 0.1) is 27.2 Å². The lowest BCUT2D eigenvalue weighted by Crippen LogP contribution is -2.49. The van der Waals surface area contributed by atoms with Crippen LogP contribution in [-0.4, -0.2) is 31.2 Å². The minimum Gasteiger partial charge on any atom is -0.384 e. The molecule has 22 heavy (non-hydrogen) atoms. The Bertz CT molecular complexity index is 630. The van der Waals surface area contributed by atoms with Crippen LogP contribution in [0.5, 0.6) is 0 Å². The van der Waals surface area contributed by atoms with Gasteiger partial charge in [-0.05, 0) is 25.0 Å². The van der Waals surface area contributed by atoms with Crippen molar-refractivity contribution < 1.29 is 9.53 Å². The van der Waals surface area contributed by atoms with Gasteiger partial charge >= 0.3 is 0 Å². The predicted octanol–water partition coefficient (Wildman–Crippen LogP) is 3.33. The van der Waals surface area contributed by atoms with Gasteiger partial charge in [-0.2, -0.15) is 0 Å². The van der Waals surface area contributed by atoms with E-state index in [4.69, 9.17) is 4.74 Å². The first-order valence-corrected chi connectivity index (χ1v) is 8.59. The van der Waals surface area contributed by atoms with Crippen LogP contribution < -0.4 is 5.32 Å². The van der Waals surface area contributed by atoms with Crippen molar-refractivity contribution >= 4 is 27.5 Å². The van der Waals surface area contributed by atoms with Crippen molar-refractivity contribution in [2.45, 2.75) is 32.1 Å². The average Bonchev–Trinajstić information content (AvgIpc) is 2.92. The standard InChI is InChI=1S/C17H22N2O2S/c1-12(15-19-13-6-3-4-7-14(13)22-15)10-18-16(20)17(11-21-2)8-5-9-17/h3-4,6-7,12H,5,8-11H2,1-2H3,(H,18,20)/t12-/m1/s1. The number of thiazole rings is 1. The van der Waals surface area contributed by atoms with Crippen molar-refractivity contribution in [2.24, 2.45) is 5.41 Å². The lowest BCUT2D eigenvalue weighted by molar-refractivity contribution is -0.140. The summed E-state index contributed by atoms with van der Waals surface area (Å²) in [6.45, 7) is 3.26. The number of ether oxygens (including phenoxy) is 1. The third kappa shape index (κ3) is 2.88. The Morgan fingerprint density at radius 2 is 2.23 bits per heavy atom. The Balaban J connectivity index is 1.62. The number of para-hydroxylation sites is 1. The molecule has 5 heteroatoms. The van der Waals surface area contributed by atoms with Crippen molar-refractivity contribution in [1.29, 1.82) is 0 Å². The number of amides is 1. The van der Waals surface area contributed by atoms with Gasteiger partial charge in [-0.3, -0.25) is 4.79 Å². The SMILES string of the molecule is COCC1(C(=O)NC[C@@H](C)c2nc3ccccc3s2)CCC1. The van der Waals surface area contributed by atoms with Gasteiger partial charge in [-0.1, -0.05) is 25.5 Å². The Morgan fingerprint density at radius 3 is 2.86 bits per heavy atom. The van der Waals surface area contributed by atoms with Crippen LogP contribution in [0.1, 0.15) is 37.1 Å². The van der Waals surface area contributed by atoms with E-state index < -0.39 is 0 Å². The lowest BCUT2D eigenvalue weighted by atomic mass is 9.68. The van der Waals surface area contributed by atoms with E-state index >= 15 is 0 Å². The van der Waals surface area contributed by atoms with Crippen molar-refractivity contribution in [3.63, 3.8) is 0 Å². The van der Waals surface area contributed by atoms with Gasteiger partial charge in [0.2, 0.25) is 5.91 Å². The summed E-state index contributed by atoms with van der Waals surface area (Å²) in [5.74, 6) is 0.356. The van der Waals surface area contributed by atoms with E-state index in [0.29, 0.717) is 13.2 Å². The maximum Gasteiger partial charge on any atom is 0.228 e. The zero-order chi connectivity index (χ0) is 15.6. The molecule has 1 aromatic heterocycles. The Morgan fingerprint density at radius 1 is 1.45 bits per heavy atom. The minimum absolute atomic E-state index is 0.133. The lowest BCUT2D eigenvalue weighted by Gasteiger charge is -2.39. The zero-order valence-electron chi connectivity index (χ0n) is 13.1. The molecule has 1 atom stereocenters. The topological polar surface area (TPSA) is 51.2 Å². The summed E-state index contributed by atoms with van der Waals surface area (Å²) in [4.78, 5) is 17.1. The maximum absolute atomic E-state index is 12.4. The molecule has 0 spiro atoms. The molecular weight excluding hydrogens is 296 g/mol. The van der Waals surface area contributed by atoms with Gasteiger partial charge in [0.1, 0.15) is 0 Å². The van der Waals surface area contributed by atoms with Crippen molar-refractivity contribution in [1.82, 2.24) is 10.3 Å². The normalized spacial score (nSPS) is 17.9. The van der Waals surface area contributed by atoms with Gasteiger partial charge in [0.25, 0.3) is 0 Å². The quantitative estimate of drug-likeness (QED) is 0.889. The molecule has 1 fully saturated rings. The molecule has 1 amide bonds. The van der Waals surface area contributed by atoms with Crippen LogP contribution in [0.4, 0.5) is 0 Å². The van der Waals surface area contributed by atoms with Gasteiger partial charge in [0, 0.05) is 19.6 Å². The molecule has 2 aromatic rings. The highest BCUT2D eigenvalue weighted by Gasteiger charge is 2.44. The summed E-state index contributed by atoms with van der Waals surface area (Å²) in [7, 11) is 1.66. The number of fused-ring (bicyclic) bond motifs is 1. The molecule has 0 radical (unpaired) electrons. The molecule has 1 heterocycles. The number of benzene rings is 1. The van der Waals surface area contributed by atoms with Crippen LogP contribution >= 0.6 is 11.3 Å². The van der Waals surface area contributed by atoms with Gasteiger partial charge in [-0.25, -0.2) is 4.98 Å². The molecule has 0 unspecified atom stereocenters. The predicted molar refractivity (Wildman–Crippen MR) is 89.2 cm³/mol. The first-order chi connectivity index (χ1) is 10.6. The Kier molecular flexibility index (Phi) is 4.45. The summed E-state index contributed by atoms with van der Waals surface area (Å²) in [5.41, 5.74) is 0.748. The average molecular weight is 318 g/mol. The molecule has 1 aliphatic rings. The molecule has 1 aromatic carbocycles. The van der Waals surface area contributed by atoms with E-state index in [-0.39, 0.29) is 17.2 Å². The Hall–Kier alpha value is -1.46. The number of rotatable bonds is 6. The van der Waals surface area contributed by atoms with Gasteiger partial charge in [0.15, 0.2) is 0 Å². The highest BCUT2D eigenvalue weighted by atomic mass is 32.1. The fourth-order valence-electron chi connectivity index (χ4n) is 2.94. The third-order valence-corrected chi connectivity index (χ3v) is 5.78. The second kappa shape index (κ2) is 6.34. The first-order valence-electron chi connectivity index (χ1n) is 7.77. The van der Waals surface area contributed by atoms with E-state index in [1.54, 1.807) is 18.4 Å². The van der Waals surface area contributed by atoms with Crippen molar-refractivity contribution in [2.75, 3.05) is 20.3 Å². The van der Waals surface area contributed by atoms with Crippen LogP contribution in [-0.2, 0) is 9.53 Å². The van der Waals surface area contributed by atoms with Crippen LogP contribution in [0, 0.1) is 5.41 Å². The van der Waals surface area contributed by atoms with E-state index in [2.05, 4.69) is 23.3 Å². The highest BCUT2D eigenvalue weighted by Crippen LogP contribution is 2.41. The van der Waals surface area contributed by atoms with Crippen LogP contribution in [0.2, 0.25) is 0 Å². The molecule has 118 valence electrons. The molecule has 1 N–H and O–H groups in total. The summed E-state index contributed by atoms with van der Waals surface area (Å²) in [5, 5.41) is 4.18. The Labute approximate surface area is 134 Å². The number of carbonyl (C=O) groups is 1. The molecule has 1 saturated carbocycles. The summed E-state index contributed by atoms with van der Waals surface area (Å²) in [6, 6.07) is 8.15. The summed E-state index contributed by atoms with van der Waals surface area (Å²) >= 11 is 1.71. The largest absolute Gasteiger partial charge is 0.384 e. The second-order valence-electron chi connectivity index (χ2n) is 6.20. The smallest absolute Gasteiger partial charge is 0.228 e.